The van der Waals surface area contributed by atoms with E-state index in [4.69, 9.17) is 9.47 Å². The van der Waals surface area contributed by atoms with Crippen molar-refractivity contribution in [1.82, 2.24) is 5.53 Å². The quantitative estimate of drug-likeness (QED) is 0.696. The van der Waals surface area contributed by atoms with E-state index in [-0.39, 0.29) is 0 Å². The largest absolute Gasteiger partial charge is 0.497 e. The van der Waals surface area contributed by atoms with Crippen molar-refractivity contribution in [2.45, 2.75) is 0 Å². The first-order chi connectivity index (χ1) is 9.31. The standard InChI is InChI=1S/C14H17N3O2/c1-18-13-7-3-11(4-8-13)15-17-16-12-5-9-14(19-2)10-6-12/h3-10,15-17H,1-2H3. The minimum absolute atomic E-state index is 0.827. The monoisotopic (exact) mass is 259 g/mol. The SMILES string of the molecule is COc1ccc(NNNc2ccc(OC)cc2)cc1. The number of methoxy groups -OCH3 is 2. The highest BCUT2D eigenvalue weighted by atomic mass is 16.5. The summed E-state index contributed by atoms with van der Waals surface area (Å²) in [6.45, 7) is 0. The topological polar surface area (TPSA) is 54.5 Å². The summed E-state index contributed by atoms with van der Waals surface area (Å²) in [7, 11) is 3.29. The van der Waals surface area contributed by atoms with Gasteiger partial charge < -0.3 is 20.3 Å². The van der Waals surface area contributed by atoms with Gasteiger partial charge >= 0.3 is 0 Å². The average molecular weight is 259 g/mol. The van der Waals surface area contributed by atoms with Gasteiger partial charge in [0.15, 0.2) is 0 Å². The molecule has 0 bridgehead atoms. The minimum Gasteiger partial charge on any atom is -0.497 e. The Balaban J connectivity index is 1.81. The number of ether oxygens (including phenoxy) is 2. The van der Waals surface area contributed by atoms with Gasteiger partial charge in [0.1, 0.15) is 11.5 Å². The smallest absolute Gasteiger partial charge is 0.119 e. The van der Waals surface area contributed by atoms with Gasteiger partial charge in [-0.1, -0.05) is 0 Å². The van der Waals surface area contributed by atoms with Crippen molar-refractivity contribution in [3.8, 4) is 11.5 Å². The lowest BCUT2D eigenvalue weighted by molar-refractivity contribution is 0.415. The van der Waals surface area contributed by atoms with Gasteiger partial charge in [-0.25, -0.2) is 0 Å². The van der Waals surface area contributed by atoms with Crippen LogP contribution in [0, 0.1) is 0 Å². The van der Waals surface area contributed by atoms with E-state index in [0.29, 0.717) is 0 Å². The maximum Gasteiger partial charge on any atom is 0.119 e. The van der Waals surface area contributed by atoms with Crippen LogP contribution in [-0.4, -0.2) is 14.2 Å². The molecule has 0 aliphatic heterocycles. The van der Waals surface area contributed by atoms with Gasteiger partial charge in [0, 0.05) is 0 Å². The van der Waals surface area contributed by atoms with Crippen LogP contribution in [0.3, 0.4) is 0 Å². The van der Waals surface area contributed by atoms with Crippen molar-refractivity contribution in [2.24, 2.45) is 0 Å². The fraction of sp³-hybridized carbons (Fsp3) is 0.143. The minimum atomic E-state index is 0.827. The Morgan fingerprint density at radius 1 is 0.632 bits per heavy atom. The first-order valence-electron chi connectivity index (χ1n) is 5.87. The number of benzene rings is 2. The molecule has 2 aromatic carbocycles. The van der Waals surface area contributed by atoms with Crippen LogP contribution in [0.2, 0.25) is 0 Å². The molecule has 0 heterocycles. The summed E-state index contributed by atoms with van der Waals surface area (Å²) in [6, 6.07) is 15.2. The first-order valence-corrected chi connectivity index (χ1v) is 5.87. The lowest BCUT2D eigenvalue weighted by Gasteiger charge is -2.11. The number of anilines is 2. The van der Waals surface area contributed by atoms with Crippen molar-refractivity contribution in [3.63, 3.8) is 0 Å². The molecule has 0 saturated carbocycles. The average Bonchev–Trinajstić information content (AvgIpc) is 2.49. The predicted octanol–water partition coefficient (Wildman–Crippen LogP) is 2.65. The van der Waals surface area contributed by atoms with Gasteiger partial charge in [0.05, 0.1) is 25.6 Å². The van der Waals surface area contributed by atoms with E-state index in [0.717, 1.165) is 22.9 Å². The molecule has 100 valence electrons. The molecule has 2 rings (SSSR count). The van der Waals surface area contributed by atoms with Gasteiger partial charge in [0.25, 0.3) is 0 Å². The molecular weight excluding hydrogens is 242 g/mol. The van der Waals surface area contributed by atoms with Crippen molar-refractivity contribution in [1.29, 1.82) is 0 Å². The summed E-state index contributed by atoms with van der Waals surface area (Å²) in [6.07, 6.45) is 0. The second-order valence-electron chi connectivity index (χ2n) is 3.83. The Hall–Kier alpha value is -2.40. The maximum absolute atomic E-state index is 5.09. The van der Waals surface area contributed by atoms with Gasteiger partial charge in [-0.3, -0.25) is 0 Å². The Bertz CT molecular complexity index is 450. The molecule has 0 amide bonds. The third kappa shape index (κ3) is 3.79. The van der Waals surface area contributed by atoms with Crippen LogP contribution in [0.25, 0.3) is 0 Å². The predicted molar refractivity (Wildman–Crippen MR) is 76.4 cm³/mol. The van der Waals surface area contributed by atoms with E-state index >= 15 is 0 Å². The summed E-state index contributed by atoms with van der Waals surface area (Å²) in [5.74, 6) is 1.65. The molecule has 2 aromatic rings. The van der Waals surface area contributed by atoms with E-state index in [1.54, 1.807) is 14.2 Å². The molecule has 3 N–H and O–H groups in total. The van der Waals surface area contributed by atoms with Crippen molar-refractivity contribution < 1.29 is 9.47 Å². The summed E-state index contributed by atoms with van der Waals surface area (Å²) in [5, 5.41) is 0. The zero-order valence-electron chi connectivity index (χ0n) is 10.9. The molecule has 5 heteroatoms. The zero-order chi connectivity index (χ0) is 13.5. The molecule has 0 fully saturated rings. The molecule has 0 saturated heterocycles. The van der Waals surface area contributed by atoms with Crippen molar-refractivity contribution in [3.05, 3.63) is 48.5 Å². The number of rotatable bonds is 6. The van der Waals surface area contributed by atoms with E-state index in [2.05, 4.69) is 16.4 Å². The third-order valence-electron chi connectivity index (χ3n) is 2.59. The summed E-state index contributed by atoms with van der Waals surface area (Å²) in [4.78, 5) is 0. The zero-order valence-corrected chi connectivity index (χ0v) is 10.9. The number of nitrogens with one attached hydrogen (secondary N) is 3. The molecule has 0 aliphatic rings. The Labute approximate surface area is 112 Å². The lowest BCUT2D eigenvalue weighted by atomic mass is 10.3. The fourth-order valence-corrected chi connectivity index (χ4v) is 1.52. The maximum atomic E-state index is 5.09. The third-order valence-corrected chi connectivity index (χ3v) is 2.59. The normalized spacial score (nSPS) is 9.79. The van der Waals surface area contributed by atoms with Crippen LogP contribution in [-0.2, 0) is 0 Å². The molecule has 0 radical (unpaired) electrons. The second kappa shape index (κ2) is 6.51. The van der Waals surface area contributed by atoms with Crippen LogP contribution in [0.5, 0.6) is 11.5 Å². The van der Waals surface area contributed by atoms with E-state index < -0.39 is 0 Å². The lowest BCUT2D eigenvalue weighted by Crippen LogP contribution is -2.27. The number of hydrogen-bond acceptors (Lipinski definition) is 5. The molecule has 0 unspecified atom stereocenters. The fourth-order valence-electron chi connectivity index (χ4n) is 1.52. The first kappa shape index (κ1) is 13.0. The molecule has 0 spiro atoms. The van der Waals surface area contributed by atoms with Gasteiger partial charge in [0.2, 0.25) is 0 Å². The molecule has 0 atom stereocenters. The Morgan fingerprint density at radius 3 is 1.32 bits per heavy atom. The van der Waals surface area contributed by atoms with E-state index in [1.165, 1.54) is 0 Å². The second-order valence-corrected chi connectivity index (χ2v) is 3.83. The van der Waals surface area contributed by atoms with Gasteiger partial charge in [-0.2, -0.15) is 5.53 Å². The van der Waals surface area contributed by atoms with Crippen LogP contribution < -0.4 is 25.9 Å². The van der Waals surface area contributed by atoms with Gasteiger partial charge in [-0.15, -0.1) is 0 Å². The number of hydrazine groups is 2. The summed E-state index contributed by atoms with van der Waals surface area (Å²) < 4.78 is 10.2. The van der Waals surface area contributed by atoms with E-state index in [1.807, 2.05) is 48.5 Å². The van der Waals surface area contributed by atoms with Crippen molar-refractivity contribution >= 4 is 11.4 Å². The highest BCUT2D eigenvalue weighted by molar-refractivity contribution is 5.48. The van der Waals surface area contributed by atoms with Crippen LogP contribution in [0.15, 0.2) is 48.5 Å². The summed E-state index contributed by atoms with van der Waals surface area (Å²) in [5.41, 5.74) is 10.8. The highest BCUT2D eigenvalue weighted by Gasteiger charge is 1.94. The molecule has 5 nitrogen and oxygen atoms in total. The summed E-state index contributed by atoms with van der Waals surface area (Å²) >= 11 is 0. The molecule has 19 heavy (non-hydrogen) atoms. The molecule has 0 aliphatic carbocycles. The molecule has 0 aromatic heterocycles. The van der Waals surface area contributed by atoms with Crippen molar-refractivity contribution in [2.75, 3.05) is 25.1 Å². The highest BCUT2D eigenvalue weighted by Crippen LogP contribution is 2.15. The Kier molecular flexibility index (Phi) is 4.47. The number of hydrogen-bond donors (Lipinski definition) is 3. The van der Waals surface area contributed by atoms with Crippen LogP contribution in [0.4, 0.5) is 11.4 Å². The Morgan fingerprint density at radius 2 is 1.00 bits per heavy atom. The molecular formula is C14H17N3O2. The van der Waals surface area contributed by atoms with Crippen LogP contribution >= 0.6 is 0 Å². The van der Waals surface area contributed by atoms with Crippen LogP contribution in [0.1, 0.15) is 0 Å². The van der Waals surface area contributed by atoms with E-state index in [9.17, 15) is 0 Å². The van der Waals surface area contributed by atoms with Gasteiger partial charge in [-0.05, 0) is 48.5 Å².